The van der Waals surface area contributed by atoms with Gasteiger partial charge in [-0.15, -0.1) is 11.3 Å². The fraction of sp³-hybridized carbons (Fsp3) is 0.333. The number of benzene rings is 1. The van der Waals surface area contributed by atoms with E-state index in [-0.39, 0.29) is 11.3 Å². The lowest BCUT2D eigenvalue weighted by Crippen LogP contribution is -2.28. The second-order valence-corrected chi connectivity index (χ2v) is 7.55. The molecule has 2 heterocycles. The monoisotopic (exact) mass is 328 g/mol. The van der Waals surface area contributed by atoms with Gasteiger partial charge in [0.05, 0.1) is 17.7 Å². The number of amides is 1. The van der Waals surface area contributed by atoms with Crippen LogP contribution in [0.1, 0.15) is 41.9 Å². The molecule has 0 saturated carbocycles. The molecule has 0 aliphatic heterocycles. The minimum Gasteiger partial charge on any atom is -0.459 e. The van der Waals surface area contributed by atoms with Crippen molar-refractivity contribution in [1.82, 2.24) is 9.88 Å². The summed E-state index contributed by atoms with van der Waals surface area (Å²) in [6.45, 7) is 6.64. The van der Waals surface area contributed by atoms with Gasteiger partial charge in [0.25, 0.3) is 5.91 Å². The third kappa shape index (κ3) is 3.15. The molecule has 0 bridgehead atoms. The number of hydrogen-bond donors (Lipinski definition) is 0. The van der Waals surface area contributed by atoms with Crippen molar-refractivity contribution in [3.63, 3.8) is 0 Å². The zero-order valence-electron chi connectivity index (χ0n) is 13.8. The van der Waals surface area contributed by atoms with Crippen molar-refractivity contribution in [2.24, 2.45) is 0 Å². The molecule has 0 saturated heterocycles. The number of aromatic nitrogens is 1. The summed E-state index contributed by atoms with van der Waals surface area (Å²) in [5.74, 6) is 0.766. The van der Waals surface area contributed by atoms with Crippen molar-refractivity contribution >= 4 is 28.2 Å². The Kier molecular flexibility index (Phi) is 3.98. The Morgan fingerprint density at radius 3 is 2.74 bits per heavy atom. The summed E-state index contributed by atoms with van der Waals surface area (Å²) in [5.41, 5.74) is 3.29. The summed E-state index contributed by atoms with van der Waals surface area (Å²) >= 11 is 1.40. The molecule has 0 spiro atoms. The van der Waals surface area contributed by atoms with Crippen LogP contribution in [0.15, 0.2) is 40.3 Å². The number of carbonyl (C=O) groups is 1. The van der Waals surface area contributed by atoms with Crippen LogP contribution in [0.2, 0.25) is 0 Å². The quantitative estimate of drug-likeness (QED) is 0.713. The smallest absolute Gasteiger partial charge is 0.266 e. The standard InChI is InChI=1S/C18H20N2O2S/c1-18(2,3)16-15(23-11-19-16)17(21)20(4)10-13-9-12-7-5-6-8-14(12)22-13/h5-9,11H,10H2,1-4H3. The average molecular weight is 328 g/mol. The van der Waals surface area contributed by atoms with Crippen molar-refractivity contribution in [3.05, 3.63) is 52.2 Å². The zero-order chi connectivity index (χ0) is 16.6. The van der Waals surface area contributed by atoms with E-state index >= 15 is 0 Å². The van der Waals surface area contributed by atoms with Crippen LogP contribution in [-0.4, -0.2) is 22.8 Å². The van der Waals surface area contributed by atoms with Crippen LogP contribution in [-0.2, 0) is 12.0 Å². The van der Waals surface area contributed by atoms with Gasteiger partial charge in [-0.3, -0.25) is 4.79 Å². The Balaban J connectivity index is 1.81. The number of hydrogen-bond acceptors (Lipinski definition) is 4. The minimum atomic E-state index is -0.148. The second kappa shape index (κ2) is 5.81. The van der Waals surface area contributed by atoms with Crippen molar-refractivity contribution in [2.45, 2.75) is 32.7 Å². The van der Waals surface area contributed by atoms with Gasteiger partial charge in [-0.2, -0.15) is 0 Å². The number of rotatable bonds is 3. The highest BCUT2D eigenvalue weighted by atomic mass is 32.1. The molecule has 0 aliphatic rings. The van der Waals surface area contributed by atoms with Crippen LogP contribution < -0.4 is 0 Å². The first kappa shape index (κ1) is 15.7. The van der Waals surface area contributed by atoms with Crippen LogP contribution in [0.25, 0.3) is 11.0 Å². The molecule has 0 N–H and O–H groups in total. The average Bonchev–Trinajstić information content (AvgIpc) is 3.11. The maximum atomic E-state index is 12.7. The Bertz CT molecular complexity index is 809. The number of nitrogens with zero attached hydrogens (tertiary/aromatic N) is 2. The van der Waals surface area contributed by atoms with Crippen molar-refractivity contribution in [1.29, 1.82) is 0 Å². The van der Waals surface area contributed by atoms with Gasteiger partial charge in [0.15, 0.2) is 0 Å². The van der Waals surface area contributed by atoms with E-state index in [2.05, 4.69) is 25.8 Å². The Hall–Kier alpha value is -2.14. The Morgan fingerprint density at radius 2 is 2.04 bits per heavy atom. The molecule has 3 aromatic rings. The second-order valence-electron chi connectivity index (χ2n) is 6.69. The summed E-state index contributed by atoms with van der Waals surface area (Å²) in [7, 11) is 1.79. The highest BCUT2D eigenvalue weighted by Crippen LogP contribution is 2.28. The number of carbonyl (C=O) groups excluding carboxylic acids is 1. The zero-order valence-corrected chi connectivity index (χ0v) is 14.6. The summed E-state index contributed by atoms with van der Waals surface area (Å²) in [5, 5.41) is 1.05. The molecule has 1 aromatic carbocycles. The minimum absolute atomic E-state index is 0.0159. The van der Waals surface area contributed by atoms with E-state index in [4.69, 9.17) is 4.42 Å². The molecule has 23 heavy (non-hydrogen) atoms. The van der Waals surface area contributed by atoms with Gasteiger partial charge in [0.2, 0.25) is 0 Å². The van der Waals surface area contributed by atoms with E-state index in [9.17, 15) is 4.79 Å². The fourth-order valence-corrected chi connectivity index (χ4v) is 3.52. The normalized spacial score (nSPS) is 11.8. The van der Waals surface area contributed by atoms with Crippen molar-refractivity contribution in [2.75, 3.05) is 7.05 Å². The van der Waals surface area contributed by atoms with Crippen molar-refractivity contribution in [3.8, 4) is 0 Å². The van der Waals surface area contributed by atoms with Gasteiger partial charge in [0, 0.05) is 17.8 Å². The molecule has 0 atom stereocenters. The molecule has 0 fully saturated rings. The predicted octanol–water partition coefficient (Wildman–Crippen LogP) is 4.46. The lowest BCUT2D eigenvalue weighted by atomic mass is 9.91. The van der Waals surface area contributed by atoms with E-state index in [0.29, 0.717) is 11.4 Å². The first-order chi connectivity index (χ1) is 10.9. The third-order valence-corrected chi connectivity index (χ3v) is 4.50. The van der Waals surface area contributed by atoms with Gasteiger partial charge in [-0.1, -0.05) is 39.0 Å². The highest BCUT2D eigenvalue weighted by molar-refractivity contribution is 7.11. The van der Waals surface area contributed by atoms with Crippen LogP contribution in [0.5, 0.6) is 0 Å². The van der Waals surface area contributed by atoms with Gasteiger partial charge in [-0.05, 0) is 12.1 Å². The number of para-hydroxylation sites is 1. The van der Waals surface area contributed by atoms with E-state index in [1.54, 1.807) is 17.5 Å². The van der Waals surface area contributed by atoms with E-state index in [0.717, 1.165) is 22.4 Å². The third-order valence-electron chi connectivity index (χ3n) is 3.69. The van der Waals surface area contributed by atoms with E-state index in [1.165, 1.54) is 11.3 Å². The maximum absolute atomic E-state index is 12.7. The maximum Gasteiger partial charge on any atom is 0.266 e. The fourth-order valence-electron chi connectivity index (χ4n) is 2.53. The molecule has 2 aromatic heterocycles. The summed E-state index contributed by atoms with van der Waals surface area (Å²) in [6.07, 6.45) is 0. The summed E-state index contributed by atoms with van der Waals surface area (Å²) in [6, 6.07) is 9.84. The topological polar surface area (TPSA) is 46.3 Å². The lowest BCUT2D eigenvalue weighted by molar-refractivity contribution is 0.0778. The first-order valence-electron chi connectivity index (χ1n) is 7.53. The van der Waals surface area contributed by atoms with E-state index < -0.39 is 0 Å². The number of thiazole rings is 1. The summed E-state index contributed by atoms with van der Waals surface area (Å²) < 4.78 is 5.80. The Labute approximate surface area is 139 Å². The highest BCUT2D eigenvalue weighted by Gasteiger charge is 2.27. The molecular weight excluding hydrogens is 308 g/mol. The van der Waals surface area contributed by atoms with Crippen LogP contribution >= 0.6 is 11.3 Å². The van der Waals surface area contributed by atoms with Gasteiger partial charge in [-0.25, -0.2) is 4.98 Å². The molecule has 4 nitrogen and oxygen atoms in total. The van der Waals surface area contributed by atoms with Gasteiger partial charge < -0.3 is 9.32 Å². The van der Waals surface area contributed by atoms with Crippen LogP contribution in [0.3, 0.4) is 0 Å². The van der Waals surface area contributed by atoms with Gasteiger partial charge in [0.1, 0.15) is 16.2 Å². The molecule has 3 rings (SSSR count). The Morgan fingerprint density at radius 1 is 1.30 bits per heavy atom. The SMILES string of the molecule is CN(Cc1cc2ccccc2o1)C(=O)c1scnc1C(C)(C)C. The molecule has 0 unspecified atom stereocenters. The molecule has 5 heteroatoms. The van der Waals surface area contributed by atoms with Crippen molar-refractivity contribution < 1.29 is 9.21 Å². The summed E-state index contributed by atoms with van der Waals surface area (Å²) in [4.78, 5) is 19.5. The largest absolute Gasteiger partial charge is 0.459 e. The van der Waals surface area contributed by atoms with E-state index in [1.807, 2.05) is 30.3 Å². The van der Waals surface area contributed by atoms with Crippen LogP contribution in [0.4, 0.5) is 0 Å². The predicted molar refractivity (Wildman–Crippen MR) is 92.8 cm³/mol. The molecule has 0 aliphatic carbocycles. The molecule has 0 radical (unpaired) electrons. The number of fused-ring (bicyclic) bond motifs is 1. The van der Waals surface area contributed by atoms with Crippen LogP contribution in [0, 0.1) is 0 Å². The molecule has 1 amide bonds. The first-order valence-corrected chi connectivity index (χ1v) is 8.41. The van der Waals surface area contributed by atoms with Gasteiger partial charge >= 0.3 is 0 Å². The molecular formula is C18H20N2O2S. The lowest BCUT2D eigenvalue weighted by Gasteiger charge is -2.20. The number of furan rings is 1. The molecule has 120 valence electrons.